The number of benzene rings is 1. The van der Waals surface area contributed by atoms with Crippen LogP contribution in [0.1, 0.15) is 32.0 Å². The maximum Gasteiger partial charge on any atom is 0.326 e. The van der Waals surface area contributed by atoms with Crippen LogP contribution in [-0.2, 0) is 22.4 Å². The summed E-state index contributed by atoms with van der Waals surface area (Å²) >= 11 is 0. The van der Waals surface area contributed by atoms with Gasteiger partial charge in [-0.05, 0) is 29.8 Å². The van der Waals surface area contributed by atoms with Crippen molar-refractivity contribution in [1.82, 2.24) is 10.3 Å². The second-order valence-corrected chi connectivity index (χ2v) is 7.82. The molecule has 7 nitrogen and oxygen atoms in total. The van der Waals surface area contributed by atoms with Gasteiger partial charge in [0.05, 0.1) is 6.61 Å². The Hall–Kier alpha value is -3.09. The van der Waals surface area contributed by atoms with Crippen molar-refractivity contribution in [3.63, 3.8) is 0 Å². The summed E-state index contributed by atoms with van der Waals surface area (Å²) in [5.74, 6) is 0.169. The van der Waals surface area contributed by atoms with E-state index in [2.05, 4.69) is 15.6 Å². The van der Waals surface area contributed by atoms with Crippen LogP contribution in [0.3, 0.4) is 0 Å². The molecule has 0 bridgehead atoms. The summed E-state index contributed by atoms with van der Waals surface area (Å²) in [5, 5.41) is 15.0. The maximum atomic E-state index is 12.1. The second-order valence-electron chi connectivity index (χ2n) is 7.82. The lowest BCUT2D eigenvalue weighted by molar-refractivity contribution is -0.143. The zero-order valence-electron chi connectivity index (χ0n) is 17.4. The maximum absolute atomic E-state index is 12.1. The van der Waals surface area contributed by atoms with Crippen molar-refractivity contribution < 1.29 is 19.4 Å². The molecule has 0 radical (unpaired) electrons. The summed E-state index contributed by atoms with van der Waals surface area (Å²) in [5.41, 5.74) is 1.10. The predicted molar refractivity (Wildman–Crippen MR) is 112 cm³/mol. The molecule has 7 heteroatoms. The van der Waals surface area contributed by atoms with Gasteiger partial charge in [0.2, 0.25) is 5.91 Å². The van der Waals surface area contributed by atoms with Crippen molar-refractivity contribution in [2.75, 3.05) is 19.0 Å². The normalized spacial score (nSPS) is 12.1. The van der Waals surface area contributed by atoms with Crippen LogP contribution in [0, 0.1) is 5.41 Å². The first-order chi connectivity index (χ1) is 13.7. The Bertz CT molecular complexity index is 829. The number of nitrogens with one attached hydrogen (secondary N) is 2. The number of rotatable bonds is 9. The number of aliphatic carboxylic acids is 1. The number of carboxylic acid groups (broad SMARTS) is 1. The van der Waals surface area contributed by atoms with Gasteiger partial charge in [0.15, 0.2) is 0 Å². The topological polar surface area (TPSA) is 101 Å². The fourth-order valence-corrected chi connectivity index (χ4v) is 2.56. The van der Waals surface area contributed by atoms with Crippen LogP contribution in [0.5, 0.6) is 5.75 Å². The molecule has 1 aromatic carbocycles. The van der Waals surface area contributed by atoms with Gasteiger partial charge < -0.3 is 20.5 Å². The summed E-state index contributed by atoms with van der Waals surface area (Å²) < 4.78 is 5.75. The van der Waals surface area contributed by atoms with E-state index in [4.69, 9.17) is 4.74 Å². The molecule has 2 aromatic rings. The third-order valence-electron chi connectivity index (χ3n) is 4.34. The molecule has 1 heterocycles. The molecule has 0 saturated carbocycles. The number of hydrogen-bond donors (Lipinski definition) is 3. The van der Waals surface area contributed by atoms with Crippen LogP contribution in [0.15, 0.2) is 42.5 Å². The fraction of sp³-hybridized carbons (Fsp3) is 0.409. The molecule has 0 spiro atoms. The van der Waals surface area contributed by atoms with E-state index in [9.17, 15) is 14.7 Å². The van der Waals surface area contributed by atoms with Crippen LogP contribution >= 0.6 is 0 Å². The molecule has 0 aliphatic heterocycles. The van der Waals surface area contributed by atoms with E-state index < -0.39 is 17.4 Å². The molecular weight excluding hydrogens is 370 g/mol. The van der Waals surface area contributed by atoms with E-state index in [0.29, 0.717) is 18.8 Å². The minimum atomic E-state index is -1.06. The Kier molecular flexibility index (Phi) is 7.59. The number of amides is 1. The number of aromatic nitrogens is 1. The molecular formula is C22H29N3O4. The number of carbonyl (C=O) groups is 2. The zero-order chi connectivity index (χ0) is 21.4. The van der Waals surface area contributed by atoms with Crippen molar-refractivity contribution in [2.24, 2.45) is 5.41 Å². The van der Waals surface area contributed by atoms with Gasteiger partial charge in [0.1, 0.15) is 17.6 Å². The molecule has 2 rings (SSSR count). The number of carboxylic acids is 1. The highest BCUT2D eigenvalue weighted by atomic mass is 16.5. The molecule has 1 amide bonds. The number of carbonyl (C=O) groups excluding carboxylic acids is 1. The smallest absolute Gasteiger partial charge is 0.326 e. The lowest BCUT2D eigenvalue weighted by Crippen LogP contribution is -2.46. The largest absolute Gasteiger partial charge is 0.493 e. The minimum absolute atomic E-state index is 0.207. The van der Waals surface area contributed by atoms with Gasteiger partial charge in [0.25, 0.3) is 0 Å². The number of ether oxygens (including phenoxy) is 1. The van der Waals surface area contributed by atoms with Gasteiger partial charge in [-0.3, -0.25) is 4.79 Å². The Labute approximate surface area is 171 Å². The molecule has 0 unspecified atom stereocenters. The lowest BCUT2D eigenvalue weighted by atomic mass is 9.94. The van der Waals surface area contributed by atoms with Gasteiger partial charge in [-0.1, -0.05) is 39.0 Å². The van der Waals surface area contributed by atoms with Crippen molar-refractivity contribution in [2.45, 2.75) is 39.7 Å². The molecule has 3 N–H and O–H groups in total. The molecule has 0 fully saturated rings. The number of pyridine rings is 1. The minimum Gasteiger partial charge on any atom is -0.493 e. The summed E-state index contributed by atoms with van der Waals surface area (Å²) in [6, 6.07) is 12.1. The number of anilines is 1. The van der Waals surface area contributed by atoms with Crippen molar-refractivity contribution in [3.8, 4) is 5.75 Å². The monoisotopic (exact) mass is 399 g/mol. The molecule has 0 saturated heterocycles. The number of hydrogen-bond acceptors (Lipinski definition) is 5. The Balaban J connectivity index is 1.89. The van der Waals surface area contributed by atoms with Crippen molar-refractivity contribution in [1.29, 1.82) is 0 Å². The van der Waals surface area contributed by atoms with Gasteiger partial charge in [-0.2, -0.15) is 0 Å². The van der Waals surface area contributed by atoms with E-state index in [1.807, 2.05) is 37.4 Å². The predicted octanol–water partition coefficient (Wildman–Crippen LogP) is 2.90. The molecule has 0 aliphatic rings. The zero-order valence-corrected chi connectivity index (χ0v) is 17.4. The van der Waals surface area contributed by atoms with E-state index >= 15 is 0 Å². The summed E-state index contributed by atoms with van der Waals surface area (Å²) in [7, 11) is 1.83. The fourth-order valence-electron chi connectivity index (χ4n) is 2.56. The molecule has 156 valence electrons. The average Bonchev–Trinajstić information content (AvgIpc) is 2.68. The third-order valence-corrected chi connectivity index (χ3v) is 4.34. The van der Waals surface area contributed by atoms with Crippen LogP contribution < -0.4 is 15.4 Å². The van der Waals surface area contributed by atoms with Crippen LogP contribution in [0.2, 0.25) is 0 Å². The highest BCUT2D eigenvalue weighted by Crippen LogP contribution is 2.16. The lowest BCUT2D eigenvalue weighted by Gasteiger charge is -2.22. The van der Waals surface area contributed by atoms with Crippen LogP contribution in [-0.4, -0.2) is 41.7 Å². The summed E-state index contributed by atoms with van der Waals surface area (Å²) in [4.78, 5) is 28.0. The van der Waals surface area contributed by atoms with E-state index in [0.717, 1.165) is 17.1 Å². The molecule has 29 heavy (non-hydrogen) atoms. The highest BCUT2D eigenvalue weighted by molar-refractivity contribution is 5.86. The third kappa shape index (κ3) is 7.10. The SMILES string of the molecule is CNc1cccc(CCOc2ccc(C[C@H](NC(=O)C(C)(C)C)C(=O)O)cc2)n1. The molecule has 1 aromatic heterocycles. The molecule has 1 atom stereocenters. The van der Waals surface area contributed by atoms with Gasteiger partial charge >= 0.3 is 5.97 Å². The number of nitrogens with zero attached hydrogens (tertiary/aromatic N) is 1. The Morgan fingerprint density at radius 3 is 2.41 bits per heavy atom. The van der Waals surface area contributed by atoms with Gasteiger partial charge in [-0.15, -0.1) is 0 Å². The first kappa shape index (κ1) is 22.2. The average molecular weight is 399 g/mol. The van der Waals surface area contributed by atoms with Crippen molar-refractivity contribution in [3.05, 3.63) is 53.7 Å². The summed E-state index contributed by atoms with van der Waals surface area (Å²) in [6.45, 7) is 5.73. The first-order valence-electron chi connectivity index (χ1n) is 9.58. The van der Waals surface area contributed by atoms with E-state index in [-0.39, 0.29) is 12.3 Å². The van der Waals surface area contributed by atoms with Crippen LogP contribution in [0.4, 0.5) is 5.82 Å². The quantitative estimate of drug-likeness (QED) is 0.599. The van der Waals surface area contributed by atoms with Crippen LogP contribution in [0.25, 0.3) is 0 Å². The molecule has 0 aliphatic carbocycles. The highest BCUT2D eigenvalue weighted by Gasteiger charge is 2.27. The van der Waals surface area contributed by atoms with Crippen molar-refractivity contribution >= 4 is 17.7 Å². The van der Waals surface area contributed by atoms with Gasteiger partial charge in [0, 0.05) is 31.0 Å². The second kappa shape index (κ2) is 9.91. The van der Waals surface area contributed by atoms with E-state index in [1.165, 1.54) is 0 Å². The Morgan fingerprint density at radius 2 is 1.83 bits per heavy atom. The summed E-state index contributed by atoms with van der Waals surface area (Å²) in [6.07, 6.45) is 0.884. The Morgan fingerprint density at radius 1 is 1.14 bits per heavy atom. The van der Waals surface area contributed by atoms with Gasteiger partial charge in [-0.25, -0.2) is 9.78 Å². The first-order valence-corrected chi connectivity index (χ1v) is 9.58. The van der Waals surface area contributed by atoms with E-state index in [1.54, 1.807) is 32.9 Å². The standard InChI is InChI=1S/C22H29N3O4/c1-22(2,3)21(28)25-18(20(26)27)14-15-8-10-17(11-9-15)29-13-12-16-6-5-7-19(23-4)24-16/h5-11,18H,12-14H2,1-4H3,(H,23,24)(H,25,28)(H,26,27)/t18-/m0/s1.